The SMILES string of the molecule is CC1CN(Cc2cccc(CNC(=O)c3cc([N+](=O)[O-])ccc3N3CCCC3)c2)CCO1. The maximum atomic E-state index is 13.0. The van der Waals surface area contributed by atoms with E-state index in [1.54, 1.807) is 6.07 Å². The molecule has 0 radical (unpaired) electrons. The maximum absolute atomic E-state index is 13.0. The van der Waals surface area contributed by atoms with Gasteiger partial charge in [0.15, 0.2) is 0 Å². The van der Waals surface area contributed by atoms with Gasteiger partial charge in [-0.1, -0.05) is 24.3 Å². The van der Waals surface area contributed by atoms with E-state index in [2.05, 4.69) is 34.2 Å². The lowest BCUT2D eigenvalue weighted by Crippen LogP contribution is -2.40. The van der Waals surface area contributed by atoms with Crippen molar-refractivity contribution in [2.45, 2.75) is 39.0 Å². The minimum absolute atomic E-state index is 0.0696. The van der Waals surface area contributed by atoms with Gasteiger partial charge < -0.3 is 15.0 Å². The molecule has 0 aliphatic carbocycles. The molecule has 4 rings (SSSR count). The van der Waals surface area contributed by atoms with Crippen molar-refractivity contribution in [3.8, 4) is 0 Å². The molecule has 2 aliphatic rings. The first-order valence-corrected chi connectivity index (χ1v) is 11.2. The predicted octanol–water partition coefficient (Wildman–Crippen LogP) is 3.35. The quantitative estimate of drug-likeness (QED) is 0.527. The molecule has 1 amide bonds. The summed E-state index contributed by atoms with van der Waals surface area (Å²) in [6, 6.07) is 12.7. The molecule has 1 atom stereocenters. The maximum Gasteiger partial charge on any atom is 0.270 e. The molecule has 32 heavy (non-hydrogen) atoms. The van der Waals surface area contributed by atoms with Crippen LogP contribution in [-0.2, 0) is 17.8 Å². The van der Waals surface area contributed by atoms with Crippen molar-refractivity contribution in [2.75, 3.05) is 37.7 Å². The van der Waals surface area contributed by atoms with Gasteiger partial charge in [-0.05, 0) is 37.0 Å². The normalized spacial score (nSPS) is 19.2. The van der Waals surface area contributed by atoms with E-state index in [1.165, 1.54) is 17.7 Å². The van der Waals surface area contributed by atoms with E-state index in [0.717, 1.165) is 63.4 Å². The topological polar surface area (TPSA) is 88.0 Å². The van der Waals surface area contributed by atoms with Gasteiger partial charge in [0.1, 0.15) is 0 Å². The van der Waals surface area contributed by atoms with Crippen molar-refractivity contribution in [2.24, 2.45) is 0 Å². The van der Waals surface area contributed by atoms with Gasteiger partial charge >= 0.3 is 0 Å². The summed E-state index contributed by atoms with van der Waals surface area (Å²) in [5.74, 6) is -0.289. The number of amides is 1. The van der Waals surface area contributed by atoms with E-state index >= 15 is 0 Å². The Kier molecular flexibility index (Phi) is 7.02. The summed E-state index contributed by atoms with van der Waals surface area (Å²) in [5.41, 5.74) is 3.25. The van der Waals surface area contributed by atoms with E-state index < -0.39 is 4.92 Å². The number of nitrogens with one attached hydrogen (secondary N) is 1. The Hall–Kier alpha value is -2.97. The molecule has 2 aromatic rings. The number of carbonyl (C=O) groups excluding carboxylic acids is 1. The number of rotatable bonds is 7. The van der Waals surface area contributed by atoms with Crippen LogP contribution < -0.4 is 10.2 Å². The average molecular weight is 439 g/mol. The number of carbonyl (C=O) groups is 1. The van der Waals surface area contributed by atoms with Crippen LogP contribution in [0.4, 0.5) is 11.4 Å². The number of nitro benzene ring substituents is 1. The van der Waals surface area contributed by atoms with Crippen LogP contribution in [0.15, 0.2) is 42.5 Å². The van der Waals surface area contributed by atoms with Crippen molar-refractivity contribution >= 4 is 17.3 Å². The molecule has 2 fully saturated rings. The first-order valence-electron chi connectivity index (χ1n) is 11.2. The fourth-order valence-electron chi connectivity index (χ4n) is 4.46. The third kappa shape index (κ3) is 5.44. The van der Waals surface area contributed by atoms with Gasteiger partial charge in [0.05, 0.1) is 28.9 Å². The number of nitro groups is 1. The number of nitrogens with zero attached hydrogens (tertiary/aromatic N) is 3. The molecule has 2 aromatic carbocycles. The highest BCUT2D eigenvalue weighted by molar-refractivity contribution is 6.00. The number of morpholine rings is 1. The lowest BCUT2D eigenvalue weighted by Gasteiger charge is -2.31. The van der Waals surface area contributed by atoms with Gasteiger partial charge in [-0.3, -0.25) is 19.8 Å². The van der Waals surface area contributed by atoms with Gasteiger partial charge in [0.25, 0.3) is 11.6 Å². The van der Waals surface area contributed by atoms with Crippen LogP contribution in [0.1, 0.15) is 41.3 Å². The van der Waals surface area contributed by atoms with Crippen LogP contribution in [0, 0.1) is 10.1 Å². The van der Waals surface area contributed by atoms with Crippen molar-refractivity contribution < 1.29 is 14.5 Å². The summed E-state index contributed by atoms with van der Waals surface area (Å²) in [6.45, 7) is 7.60. The van der Waals surface area contributed by atoms with Gasteiger partial charge in [0, 0.05) is 51.4 Å². The van der Waals surface area contributed by atoms with Crippen molar-refractivity contribution in [1.29, 1.82) is 0 Å². The summed E-state index contributed by atoms with van der Waals surface area (Å²) >= 11 is 0. The van der Waals surface area contributed by atoms with Crippen LogP contribution in [0.2, 0.25) is 0 Å². The molecule has 0 aromatic heterocycles. The molecule has 8 heteroatoms. The van der Waals surface area contributed by atoms with E-state index in [0.29, 0.717) is 12.1 Å². The molecule has 0 saturated carbocycles. The van der Waals surface area contributed by atoms with Crippen LogP contribution in [0.5, 0.6) is 0 Å². The predicted molar refractivity (Wildman–Crippen MR) is 123 cm³/mol. The summed E-state index contributed by atoms with van der Waals surface area (Å²) in [5, 5.41) is 14.2. The fraction of sp³-hybridized carbons (Fsp3) is 0.458. The third-order valence-corrected chi connectivity index (χ3v) is 6.06. The Bertz CT molecular complexity index is 974. The lowest BCUT2D eigenvalue weighted by molar-refractivity contribution is -0.384. The largest absolute Gasteiger partial charge is 0.376 e. The number of non-ortho nitro benzene ring substituents is 1. The molecule has 170 valence electrons. The first-order chi connectivity index (χ1) is 15.5. The van der Waals surface area contributed by atoms with E-state index in [9.17, 15) is 14.9 Å². The van der Waals surface area contributed by atoms with Crippen molar-refractivity contribution in [3.05, 3.63) is 69.3 Å². The standard InChI is InChI=1S/C24H30N4O4/c1-18-16-26(11-12-32-18)17-20-6-4-5-19(13-20)15-25-24(29)22-14-21(28(30)31)7-8-23(22)27-9-2-3-10-27/h4-8,13-14,18H,2-3,9-12,15-17H2,1H3,(H,25,29). The Labute approximate surface area is 188 Å². The molecule has 2 heterocycles. The molecule has 2 aliphatic heterocycles. The van der Waals surface area contributed by atoms with Crippen LogP contribution >= 0.6 is 0 Å². The minimum atomic E-state index is -0.458. The zero-order valence-corrected chi connectivity index (χ0v) is 18.5. The second-order valence-electron chi connectivity index (χ2n) is 8.57. The van der Waals surface area contributed by atoms with Crippen LogP contribution in [0.25, 0.3) is 0 Å². The molecule has 1 N–H and O–H groups in total. The van der Waals surface area contributed by atoms with E-state index in [4.69, 9.17) is 4.74 Å². The molecule has 1 unspecified atom stereocenters. The Morgan fingerprint density at radius 2 is 1.94 bits per heavy atom. The minimum Gasteiger partial charge on any atom is -0.376 e. The smallest absolute Gasteiger partial charge is 0.270 e. The fourth-order valence-corrected chi connectivity index (χ4v) is 4.46. The van der Waals surface area contributed by atoms with Gasteiger partial charge in [-0.2, -0.15) is 0 Å². The molecular weight excluding hydrogens is 408 g/mol. The Morgan fingerprint density at radius 3 is 2.69 bits per heavy atom. The Morgan fingerprint density at radius 1 is 1.16 bits per heavy atom. The van der Waals surface area contributed by atoms with E-state index in [1.807, 2.05) is 12.1 Å². The van der Waals surface area contributed by atoms with Crippen LogP contribution in [-0.4, -0.2) is 54.6 Å². The number of benzene rings is 2. The highest BCUT2D eigenvalue weighted by Gasteiger charge is 2.22. The van der Waals surface area contributed by atoms with Gasteiger partial charge in [-0.15, -0.1) is 0 Å². The molecular formula is C24H30N4O4. The monoisotopic (exact) mass is 438 g/mol. The van der Waals surface area contributed by atoms with Gasteiger partial charge in [0.2, 0.25) is 0 Å². The number of ether oxygens (including phenoxy) is 1. The third-order valence-electron chi connectivity index (χ3n) is 6.06. The van der Waals surface area contributed by atoms with Crippen LogP contribution in [0.3, 0.4) is 0 Å². The molecule has 0 spiro atoms. The summed E-state index contributed by atoms with van der Waals surface area (Å²) in [6.07, 6.45) is 2.37. The summed E-state index contributed by atoms with van der Waals surface area (Å²) in [7, 11) is 0. The second-order valence-corrected chi connectivity index (χ2v) is 8.57. The number of hydrogen-bond acceptors (Lipinski definition) is 6. The summed E-state index contributed by atoms with van der Waals surface area (Å²) in [4.78, 5) is 28.3. The van der Waals surface area contributed by atoms with Gasteiger partial charge in [-0.25, -0.2) is 0 Å². The Balaban J connectivity index is 1.44. The first kappa shape index (κ1) is 22.2. The summed E-state index contributed by atoms with van der Waals surface area (Å²) < 4.78 is 5.61. The highest BCUT2D eigenvalue weighted by atomic mass is 16.6. The lowest BCUT2D eigenvalue weighted by atomic mass is 10.1. The zero-order chi connectivity index (χ0) is 22.5. The molecule has 2 saturated heterocycles. The van der Waals surface area contributed by atoms with Crippen molar-refractivity contribution in [1.82, 2.24) is 10.2 Å². The zero-order valence-electron chi connectivity index (χ0n) is 18.5. The van der Waals surface area contributed by atoms with Crippen molar-refractivity contribution in [3.63, 3.8) is 0 Å². The van der Waals surface area contributed by atoms with E-state index in [-0.39, 0.29) is 17.7 Å². The molecule has 8 nitrogen and oxygen atoms in total. The molecule has 0 bridgehead atoms. The highest BCUT2D eigenvalue weighted by Crippen LogP contribution is 2.28. The second kappa shape index (κ2) is 10.1. The number of hydrogen-bond donors (Lipinski definition) is 1. The number of anilines is 1. The average Bonchev–Trinajstić information content (AvgIpc) is 3.32.